The Hall–Kier alpha value is -2.63. The monoisotopic (exact) mass is 471 g/mol. The van der Waals surface area contributed by atoms with Crippen molar-refractivity contribution in [3.8, 4) is 17.7 Å². The van der Waals surface area contributed by atoms with Crippen LogP contribution in [0.3, 0.4) is 0 Å². The molecule has 0 bridgehead atoms. The van der Waals surface area contributed by atoms with E-state index in [0.717, 1.165) is 25.7 Å². The second kappa shape index (κ2) is 12.2. The van der Waals surface area contributed by atoms with Crippen LogP contribution < -0.4 is 4.74 Å². The number of nitrogens with zero attached hydrogens (tertiary/aromatic N) is 3. The molecule has 1 aliphatic carbocycles. The van der Waals surface area contributed by atoms with E-state index in [0.29, 0.717) is 24.2 Å². The smallest absolute Gasteiger partial charge is 0.259 e. The minimum absolute atomic E-state index is 0.0734. The van der Waals surface area contributed by atoms with E-state index < -0.39 is 0 Å². The molecule has 1 saturated carbocycles. The Kier molecular flexibility index (Phi) is 9.31. The largest absolute Gasteiger partial charge is 0.472 e. The van der Waals surface area contributed by atoms with Crippen LogP contribution >= 0.6 is 0 Å². The number of hydrogen-bond donors (Lipinski definition) is 1. The van der Waals surface area contributed by atoms with Gasteiger partial charge in [0.25, 0.3) is 5.91 Å². The summed E-state index contributed by atoms with van der Waals surface area (Å²) in [5.41, 5.74) is 0.891. The first kappa shape index (κ1) is 26.0. The standard InChI is InChI=1S/C26H37N3O5/c1-18-15-29(19(2)17-30)26(32)22-13-20(9-8-12-33-4)14-27-24(22)34-23(18)16-28(3)25(31)21-10-6-5-7-11-21/h13-14,18-19,21,23,30H,5-7,10-12,15-17H2,1-4H3/t18-,19-,23-/m0/s1. The van der Waals surface area contributed by atoms with E-state index in [1.165, 1.54) is 6.42 Å². The predicted octanol–water partition coefficient (Wildman–Crippen LogP) is 2.34. The second-order valence-electron chi connectivity index (χ2n) is 9.49. The highest BCUT2D eigenvalue weighted by Crippen LogP contribution is 2.29. The van der Waals surface area contributed by atoms with Crippen LogP contribution in [0.15, 0.2) is 12.3 Å². The fraction of sp³-hybridized carbons (Fsp3) is 0.654. The molecule has 3 rings (SSSR count). The van der Waals surface area contributed by atoms with Gasteiger partial charge in [0.2, 0.25) is 11.8 Å². The first-order chi connectivity index (χ1) is 16.3. The van der Waals surface area contributed by atoms with Crippen LogP contribution in [0.1, 0.15) is 61.9 Å². The second-order valence-corrected chi connectivity index (χ2v) is 9.49. The molecule has 1 fully saturated rings. The van der Waals surface area contributed by atoms with Crippen molar-refractivity contribution in [3.05, 3.63) is 23.4 Å². The van der Waals surface area contributed by atoms with Gasteiger partial charge in [0.15, 0.2) is 0 Å². The number of hydrogen-bond acceptors (Lipinski definition) is 6. The SMILES string of the molecule is COCC#Cc1cnc2c(c1)C(=O)N([C@@H](C)CO)C[C@H](C)[C@H](CN(C)C(=O)C1CCCCC1)O2. The number of pyridine rings is 1. The average Bonchev–Trinajstić information content (AvgIpc) is 2.86. The van der Waals surface area contributed by atoms with E-state index in [1.54, 1.807) is 29.2 Å². The molecule has 0 aromatic carbocycles. The Labute approximate surface area is 202 Å². The van der Waals surface area contributed by atoms with E-state index in [9.17, 15) is 14.7 Å². The highest BCUT2D eigenvalue weighted by atomic mass is 16.5. The average molecular weight is 472 g/mol. The maximum absolute atomic E-state index is 13.4. The number of aliphatic hydroxyl groups excluding tert-OH is 1. The number of carbonyl (C=O) groups is 2. The number of methoxy groups -OCH3 is 1. The summed E-state index contributed by atoms with van der Waals surface area (Å²) in [4.78, 5) is 34.3. The van der Waals surface area contributed by atoms with Crippen LogP contribution in [-0.4, -0.2) is 84.3 Å². The van der Waals surface area contributed by atoms with Gasteiger partial charge in [-0.2, -0.15) is 0 Å². The Morgan fingerprint density at radius 2 is 2.12 bits per heavy atom. The molecule has 0 radical (unpaired) electrons. The van der Waals surface area contributed by atoms with Gasteiger partial charge in [0, 0.05) is 44.3 Å². The molecular formula is C26H37N3O5. The van der Waals surface area contributed by atoms with Crippen molar-refractivity contribution in [3.63, 3.8) is 0 Å². The molecule has 1 aromatic heterocycles. The fourth-order valence-corrected chi connectivity index (χ4v) is 4.62. The van der Waals surface area contributed by atoms with Gasteiger partial charge in [-0.25, -0.2) is 4.98 Å². The van der Waals surface area contributed by atoms with Crippen LogP contribution in [0.5, 0.6) is 5.88 Å². The van der Waals surface area contributed by atoms with Gasteiger partial charge < -0.3 is 24.4 Å². The third-order valence-electron chi connectivity index (χ3n) is 6.75. The lowest BCUT2D eigenvalue weighted by Crippen LogP contribution is -2.51. The minimum Gasteiger partial charge on any atom is -0.472 e. The lowest BCUT2D eigenvalue weighted by Gasteiger charge is -2.38. The topological polar surface area (TPSA) is 92.2 Å². The zero-order valence-corrected chi connectivity index (χ0v) is 20.7. The molecule has 0 saturated heterocycles. The maximum atomic E-state index is 13.4. The number of fused-ring (bicyclic) bond motifs is 1. The van der Waals surface area contributed by atoms with Gasteiger partial charge in [0.1, 0.15) is 18.3 Å². The van der Waals surface area contributed by atoms with Crippen LogP contribution in [0.4, 0.5) is 0 Å². The number of likely N-dealkylation sites (N-methyl/N-ethyl adjacent to an activating group) is 1. The van der Waals surface area contributed by atoms with Crippen molar-refractivity contribution >= 4 is 11.8 Å². The van der Waals surface area contributed by atoms with Crippen molar-refractivity contribution in [2.45, 2.75) is 58.1 Å². The predicted molar refractivity (Wildman–Crippen MR) is 128 cm³/mol. The normalized spacial score (nSPS) is 21.9. The molecule has 1 aliphatic heterocycles. The molecule has 186 valence electrons. The van der Waals surface area contributed by atoms with Gasteiger partial charge >= 0.3 is 0 Å². The van der Waals surface area contributed by atoms with Crippen LogP contribution in [-0.2, 0) is 9.53 Å². The Balaban J connectivity index is 1.88. The molecule has 2 amide bonds. The molecule has 8 nitrogen and oxygen atoms in total. The van der Waals surface area contributed by atoms with Gasteiger partial charge in [-0.15, -0.1) is 0 Å². The maximum Gasteiger partial charge on any atom is 0.259 e. The molecule has 2 aliphatic rings. The molecule has 0 unspecified atom stereocenters. The van der Waals surface area contributed by atoms with Gasteiger partial charge in [-0.05, 0) is 25.8 Å². The first-order valence-corrected chi connectivity index (χ1v) is 12.2. The van der Waals surface area contributed by atoms with Crippen molar-refractivity contribution in [2.75, 3.05) is 40.5 Å². The van der Waals surface area contributed by atoms with Crippen molar-refractivity contribution in [1.29, 1.82) is 0 Å². The summed E-state index contributed by atoms with van der Waals surface area (Å²) < 4.78 is 11.3. The molecule has 3 atom stereocenters. The van der Waals surface area contributed by atoms with Gasteiger partial charge in [-0.3, -0.25) is 9.59 Å². The fourth-order valence-electron chi connectivity index (χ4n) is 4.62. The summed E-state index contributed by atoms with van der Waals surface area (Å²) in [5, 5.41) is 9.80. The quantitative estimate of drug-likeness (QED) is 0.641. The molecule has 0 spiro atoms. The number of aliphatic hydroxyl groups is 1. The van der Waals surface area contributed by atoms with Crippen LogP contribution in [0.2, 0.25) is 0 Å². The zero-order chi connectivity index (χ0) is 24.7. The highest BCUT2D eigenvalue weighted by Gasteiger charge is 2.35. The van der Waals surface area contributed by atoms with E-state index in [-0.39, 0.29) is 54.9 Å². The zero-order valence-electron chi connectivity index (χ0n) is 20.7. The Morgan fingerprint density at radius 3 is 2.79 bits per heavy atom. The number of ether oxygens (including phenoxy) is 2. The number of rotatable bonds is 6. The molecule has 34 heavy (non-hydrogen) atoms. The van der Waals surface area contributed by atoms with Crippen molar-refractivity contribution in [2.24, 2.45) is 11.8 Å². The first-order valence-electron chi connectivity index (χ1n) is 12.2. The Bertz CT molecular complexity index is 919. The van der Waals surface area contributed by atoms with Gasteiger partial charge in [0.05, 0.1) is 19.2 Å². The summed E-state index contributed by atoms with van der Waals surface area (Å²) in [5.74, 6) is 5.96. The van der Waals surface area contributed by atoms with Crippen LogP contribution in [0.25, 0.3) is 0 Å². The number of amides is 2. The van der Waals surface area contributed by atoms with Crippen LogP contribution in [0, 0.1) is 23.7 Å². The highest BCUT2D eigenvalue weighted by molar-refractivity contribution is 5.97. The molecule has 1 N–H and O–H groups in total. The van der Waals surface area contributed by atoms with Gasteiger partial charge in [-0.1, -0.05) is 38.0 Å². The van der Waals surface area contributed by atoms with E-state index in [2.05, 4.69) is 16.8 Å². The molecule has 8 heteroatoms. The third-order valence-corrected chi connectivity index (χ3v) is 6.75. The molecule has 1 aromatic rings. The summed E-state index contributed by atoms with van der Waals surface area (Å²) in [7, 11) is 3.39. The van der Waals surface area contributed by atoms with E-state index in [1.807, 2.05) is 20.9 Å². The molecule has 2 heterocycles. The minimum atomic E-state index is -0.369. The molecular weight excluding hydrogens is 434 g/mol. The van der Waals surface area contributed by atoms with Crippen molar-refractivity contribution < 1.29 is 24.2 Å². The summed E-state index contributed by atoms with van der Waals surface area (Å²) in [6, 6.07) is 1.31. The lowest BCUT2D eigenvalue weighted by atomic mass is 9.88. The number of aromatic nitrogens is 1. The lowest BCUT2D eigenvalue weighted by molar-refractivity contribution is -0.136. The summed E-state index contributed by atoms with van der Waals surface area (Å²) in [6.45, 7) is 4.74. The summed E-state index contributed by atoms with van der Waals surface area (Å²) >= 11 is 0. The summed E-state index contributed by atoms with van der Waals surface area (Å²) in [6.07, 6.45) is 6.51. The van der Waals surface area contributed by atoms with E-state index >= 15 is 0 Å². The number of carbonyl (C=O) groups excluding carboxylic acids is 2. The van der Waals surface area contributed by atoms with E-state index in [4.69, 9.17) is 9.47 Å². The Morgan fingerprint density at radius 1 is 1.38 bits per heavy atom. The van der Waals surface area contributed by atoms with Crippen molar-refractivity contribution in [1.82, 2.24) is 14.8 Å². The third kappa shape index (κ3) is 6.28.